The molecule has 90 heavy (non-hydrogen) atoms. The molecule has 0 saturated heterocycles. The Labute approximate surface area is 557 Å². The summed E-state index contributed by atoms with van der Waals surface area (Å²) in [6.07, 6.45) is 62.1. The van der Waals surface area contributed by atoms with Crippen molar-refractivity contribution in [3.8, 4) is 0 Å². The molecular weight excluding hydrogens is 1120 g/mol. The van der Waals surface area contributed by atoms with Crippen LogP contribution in [0.3, 0.4) is 0 Å². The lowest BCUT2D eigenvalue weighted by molar-refractivity contribution is -0.151. The number of esters is 4. The lowest BCUT2D eigenvalue weighted by atomic mass is 9.95. The first-order valence-electron chi connectivity index (χ1n) is 38.4. The van der Waals surface area contributed by atoms with E-state index in [1.54, 1.807) is 0 Å². The van der Waals surface area contributed by atoms with E-state index in [-0.39, 0.29) is 47.5 Å². The molecule has 0 heterocycles. The molecule has 11 nitrogen and oxygen atoms in total. The first kappa shape index (κ1) is 86.7. The molecule has 0 fully saturated rings. The van der Waals surface area contributed by atoms with Gasteiger partial charge in [-0.3, -0.25) is 29.0 Å². The molecule has 11 heteroatoms. The summed E-state index contributed by atoms with van der Waals surface area (Å²) >= 11 is 0. The Hall–Kier alpha value is -3.28. The molecule has 0 saturated carbocycles. The zero-order valence-electron chi connectivity index (χ0n) is 60.7. The number of nitrogens with zero attached hydrogens (tertiary/aromatic N) is 3. The number of ether oxygens (including phenoxy) is 4. The Balaban J connectivity index is 6.24. The van der Waals surface area contributed by atoms with E-state index in [9.17, 15) is 19.2 Å². The number of allylic oxidation sites excluding steroid dienone is 8. The minimum Gasteiger partial charge on any atom is -0.464 e. The highest BCUT2D eigenvalue weighted by Crippen LogP contribution is 2.24. The predicted molar refractivity (Wildman–Crippen MR) is 384 cm³/mol. The monoisotopic (exact) mass is 1270 g/mol. The molecule has 0 amide bonds. The highest BCUT2D eigenvalue weighted by Gasteiger charge is 2.24. The summed E-state index contributed by atoms with van der Waals surface area (Å²) < 4.78 is 24.5. The molecule has 0 aromatic heterocycles. The van der Waals surface area contributed by atoms with Crippen LogP contribution in [0.1, 0.15) is 325 Å². The Morgan fingerprint density at radius 3 is 0.700 bits per heavy atom. The van der Waals surface area contributed by atoms with Crippen molar-refractivity contribution in [2.24, 2.45) is 23.7 Å². The summed E-state index contributed by atoms with van der Waals surface area (Å²) in [5, 5.41) is 0. The number of unbranched alkanes of at least 4 members (excludes halogenated alkanes) is 20. The van der Waals surface area contributed by atoms with Crippen LogP contribution >= 0.6 is 0 Å². The second kappa shape index (κ2) is 67.2. The molecular formula is C79H147N3O8. The number of carbonyl (C=O) groups excluding carboxylic acids is 4. The van der Waals surface area contributed by atoms with Crippen molar-refractivity contribution in [2.75, 3.05) is 85.8 Å². The maximum absolute atomic E-state index is 13.8. The number of carbonyl (C=O) groups is 4. The molecule has 0 spiro atoms. The van der Waals surface area contributed by atoms with Crippen LogP contribution in [0.2, 0.25) is 0 Å². The van der Waals surface area contributed by atoms with Gasteiger partial charge in [0.25, 0.3) is 0 Å². The van der Waals surface area contributed by atoms with E-state index in [2.05, 4.69) is 126 Å². The van der Waals surface area contributed by atoms with Gasteiger partial charge in [0.1, 0.15) is 26.4 Å². The van der Waals surface area contributed by atoms with E-state index >= 15 is 0 Å². The molecule has 0 aliphatic heterocycles. The smallest absolute Gasteiger partial charge is 0.308 e. The topological polar surface area (TPSA) is 115 Å². The molecule has 0 aliphatic rings. The van der Waals surface area contributed by atoms with Gasteiger partial charge in [-0.05, 0) is 174 Å². The van der Waals surface area contributed by atoms with Crippen LogP contribution in [-0.2, 0) is 38.1 Å². The molecule has 0 aromatic carbocycles. The predicted octanol–water partition coefficient (Wildman–Crippen LogP) is 20.9. The maximum atomic E-state index is 13.8. The fraction of sp³-hybridized carbons (Fsp3) is 0.848. The zero-order chi connectivity index (χ0) is 66.0. The summed E-state index contributed by atoms with van der Waals surface area (Å²) in [7, 11) is 2.18. The van der Waals surface area contributed by atoms with Gasteiger partial charge in [0, 0.05) is 26.2 Å². The standard InChI is InChI=1S/C79H147N3O8/c1-10-18-26-34-38-46-56-72(52-42-30-22-14-5)76(83)87-68-64-81(65-69-88-77(84)73(53-43-31-23-15-6)57-47-39-35-27-19-11-2)62-50-60-80(9)61-51-63-82(66-70-89-78(85)74(54-44-32-24-16-7)58-48-40-36-28-20-12-3)67-71-90-79(86)75(55-45-33-25-17-8)59-49-41-37-29-21-13-4/h26-29,34-37,72-75H,10-25,30-33,38-71H2,1-9H3/b34-26+,35-27+,36-28+,37-29+. The molecule has 0 N–H and O–H groups in total. The van der Waals surface area contributed by atoms with Crippen molar-refractivity contribution in [3.63, 3.8) is 0 Å². The van der Waals surface area contributed by atoms with Gasteiger partial charge in [-0.1, -0.05) is 232 Å². The molecule has 0 rings (SSSR count). The summed E-state index contributed by atoms with van der Waals surface area (Å²) in [4.78, 5) is 62.1. The normalized spacial score (nSPS) is 13.5. The fourth-order valence-corrected chi connectivity index (χ4v) is 11.8. The largest absolute Gasteiger partial charge is 0.464 e. The van der Waals surface area contributed by atoms with Crippen LogP contribution in [0.5, 0.6) is 0 Å². The van der Waals surface area contributed by atoms with Crippen LogP contribution < -0.4 is 0 Å². The average Bonchev–Trinajstić information content (AvgIpc) is 3.74. The van der Waals surface area contributed by atoms with Crippen molar-refractivity contribution >= 4 is 23.9 Å². The Morgan fingerprint density at radius 1 is 0.256 bits per heavy atom. The van der Waals surface area contributed by atoms with Gasteiger partial charge in [-0.15, -0.1) is 0 Å². The van der Waals surface area contributed by atoms with Gasteiger partial charge in [-0.2, -0.15) is 0 Å². The van der Waals surface area contributed by atoms with Crippen LogP contribution in [0.25, 0.3) is 0 Å². The summed E-state index contributed by atoms with van der Waals surface area (Å²) in [6, 6.07) is 0. The third-order valence-electron chi connectivity index (χ3n) is 17.8. The summed E-state index contributed by atoms with van der Waals surface area (Å²) in [5.41, 5.74) is 0. The minimum absolute atomic E-state index is 0.0670. The summed E-state index contributed by atoms with van der Waals surface area (Å²) in [5.74, 6) is -0.574. The second-order valence-corrected chi connectivity index (χ2v) is 26.3. The first-order valence-corrected chi connectivity index (χ1v) is 38.4. The van der Waals surface area contributed by atoms with Gasteiger partial charge in [0.05, 0.1) is 23.7 Å². The molecule has 4 atom stereocenters. The number of hydrogen-bond donors (Lipinski definition) is 0. The third kappa shape index (κ3) is 54.1. The van der Waals surface area contributed by atoms with Crippen LogP contribution in [0, 0.1) is 23.7 Å². The Kier molecular flexibility index (Phi) is 64.7. The molecule has 0 aromatic rings. The lowest BCUT2D eigenvalue weighted by Crippen LogP contribution is -2.36. The quantitative estimate of drug-likeness (QED) is 0.0251. The van der Waals surface area contributed by atoms with Crippen molar-refractivity contribution in [2.45, 2.75) is 325 Å². The van der Waals surface area contributed by atoms with E-state index in [4.69, 9.17) is 18.9 Å². The Bertz CT molecular complexity index is 1500. The van der Waals surface area contributed by atoms with Crippen LogP contribution in [-0.4, -0.2) is 124 Å². The van der Waals surface area contributed by atoms with Gasteiger partial charge < -0.3 is 23.8 Å². The van der Waals surface area contributed by atoms with Crippen molar-refractivity contribution in [1.82, 2.24) is 14.7 Å². The van der Waals surface area contributed by atoms with Crippen molar-refractivity contribution < 1.29 is 38.1 Å². The summed E-state index contributed by atoms with van der Waals surface area (Å²) in [6.45, 7) is 24.7. The van der Waals surface area contributed by atoms with Crippen molar-refractivity contribution in [1.29, 1.82) is 0 Å². The SMILES string of the molecule is CCC/C=C/CCCC(CCCCCC)C(=O)OCCN(CCCN(C)CCCN(CCOC(=O)C(CCC/C=C/CCC)CCCCCC)CCOC(=O)C(CCC/C=C/CCC)CCCCCC)CCOC(=O)C(CCC/C=C/CCC)CCCCCC. The van der Waals surface area contributed by atoms with E-state index in [0.29, 0.717) is 52.6 Å². The lowest BCUT2D eigenvalue weighted by Gasteiger charge is -2.26. The highest BCUT2D eigenvalue weighted by atomic mass is 16.5. The third-order valence-corrected chi connectivity index (χ3v) is 17.8. The van der Waals surface area contributed by atoms with Gasteiger partial charge in [0.2, 0.25) is 0 Å². The van der Waals surface area contributed by atoms with Crippen LogP contribution in [0.4, 0.5) is 0 Å². The maximum Gasteiger partial charge on any atom is 0.308 e. The number of rotatable bonds is 68. The van der Waals surface area contributed by atoms with Crippen LogP contribution in [0.15, 0.2) is 48.6 Å². The second-order valence-electron chi connectivity index (χ2n) is 26.3. The number of hydrogen-bond acceptors (Lipinski definition) is 11. The van der Waals surface area contributed by atoms with E-state index in [0.717, 1.165) is 244 Å². The zero-order valence-corrected chi connectivity index (χ0v) is 60.7. The van der Waals surface area contributed by atoms with Gasteiger partial charge >= 0.3 is 23.9 Å². The highest BCUT2D eigenvalue weighted by molar-refractivity contribution is 5.73. The van der Waals surface area contributed by atoms with Gasteiger partial charge in [-0.25, -0.2) is 0 Å². The first-order chi connectivity index (χ1) is 44.0. The van der Waals surface area contributed by atoms with E-state index in [1.165, 1.54) is 51.4 Å². The fourth-order valence-electron chi connectivity index (χ4n) is 11.8. The molecule has 4 unspecified atom stereocenters. The molecule has 0 radical (unpaired) electrons. The molecule has 0 aliphatic carbocycles. The van der Waals surface area contributed by atoms with E-state index in [1.807, 2.05) is 0 Å². The van der Waals surface area contributed by atoms with Gasteiger partial charge in [0.15, 0.2) is 0 Å². The molecule has 0 bridgehead atoms. The van der Waals surface area contributed by atoms with Crippen molar-refractivity contribution in [3.05, 3.63) is 48.6 Å². The van der Waals surface area contributed by atoms with E-state index < -0.39 is 0 Å². The minimum atomic E-state index is -0.0766. The molecule has 526 valence electrons. The average molecular weight is 1270 g/mol. The Morgan fingerprint density at radius 2 is 0.478 bits per heavy atom.